The van der Waals surface area contributed by atoms with Crippen molar-refractivity contribution in [3.05, 3.63) is 0 Å². The van der Waals surface area contributed by atoms with Crippen molar-refractivity contribution in [2.24, 2.45) is 0 Å². The zero-order valence-corrected chi connectivity index (χ0v) is 11.9. The van der Waals surface area contributed by atoms with Crippen molar-refractivity contribution in [3.8, 4) is 0 Å². The zero-order chi connectivity index (χ0) is 12.7. The molecule has 4 nitrogen and oxygen atoms in total. The second kappa shape index (κ2) is 7.34. The first kappa shape index (κ1) is 14.9. The second-order valence-corrected chi connectivity index (χ2v) is 7.07. The van der Waals surface area contributed by atoms with Gasteiger partial charge in [-0.1, -0.05) is 13.8 Å². The molecule has 0 amide bonds. The van der Waals surface area contributed by atoms with Gasteiger partial charge in [0.2, 0.25) is 0 Å². The lowest BCUT2D eigenvalue weighted by Crippen LogP contribution is -2.44. The van der Waals surface area contributed by atoms with E-state index in [0.29, 0.717) is 24.1 Å². The van der Waals surface area contributed by atoms with E-state index in [9.17, 15) is 8.42 Å². The Kier molecular flexibility index (Phi) is 6.44. The minimum Gasteiger partial charge on any atom is -0.317 e. The summed E-state index contributed by atoms with van der Waals surface area (Å²) < 4.78 is 23.4. The van der Waals surface area contributed by atoms with Crippen LogP contribution in [0.2, 0.25) is 0 Å². The Bertz CT molecular complexity index is 298. The van der Waals surface area contributed by atoms with E-state index in [1.165, 1.54) is 0 Å². The van der Waals surface area contributed by atoms with Crippen LogP contribution in [0.4, 0.5) is 0 Å². The second-order valence-electron chi connectivity index (χ2n) is 4.76. The number of nitrogens with zero attached hydrogens (tertiary/aromatic N) is 1. The number of rotatable bonds is 7. The predicted molar refractivity (Wildman–Crippen MR) is 72.1 cm³/mol. The lowest BCUT2D eigenvalue weighted by atomic mass is 10.1. The lowest BCUT2D eigenvalue weighted by molar-refractivity contribution is 0.179. The molecule has 1 fully saturated rings. The van der Waals surface area contributed by atoms with Gasteiger partial charge >= 0.3 is 0 Å². The van der Waals surface area contributed by atoms with Crippen LogP contribution in [-0.2, 0) is 9.84 Å². The van der Waals surface area contributed by atoms with E-state index in [4.69, 9.17) is 0 Å². The molecule has 0 aromatic carbocycles. The van der Waals surface area contributed by atoms with Crippen molar-refractivity contribution in [2.45, 2.75) is 39.2 Å². The molecule has 0 aromatic rings. The summed E-state index contributed by atoms with van der Waals surface area (Å²) in [5, 5.41) is 3.34. The molecule has 102 valence electrons. The molecule has 0 aromatic heterocycles. The fourth-order valence-electron chi connectivity index (χ4n) is 2.44. The first-order valence-electron chi connectivity index (χ1n) is 6.74. The van der Waals surface area contributed by atoms with Gasteiger partial charge in [-0.05, 0) is 38.9 Å². The molecule has 17 heavy (non-hydrogen) atoms. The van der Waals surface area contributed by atoms with Crippen LogP contribution in [0, 0.1) is 0 Å². The maximum atomic E-state index is 11.7. The summed E-state index contributed by atoms with van der Waals surface area (Å²) in [6.45, 7) is 7.80. The number of hydrogen-bond donors (Lipinski definition) is 1. The number of hydrogen-bond acceptors (Lipinski definition) is 4. The largest absolute Gasteiger partial charge is 0.317 e. The van der Waals surface area contributed by atoms with E-state index in [0.717, 1.165) is 38.9 Å². The molecule has 0 atom stereocenters. The van der Waals surface area contributed by atoms with Gasteiger partial charge in [0.05, 0.1) is 5.75 Å². The number of nitrogens with one attached hydrogen (secondary N) is 1. The third-order valence-electron chi connectivity index (χ3n) is 3.44. The molecule has 0 saturated carbocycles. The van der Waals surface area contributed by atoms with E-state index in [-0.39, 0.29) is 0 Å². The van der Waals surface area contributed by atoms with Crippen LogP contribution in [0.5, 0.6) is 0 Å². The minimum absolute atomic E-state index is 0.318. The average molecular weight is 262 g/mol. The minimum atomic E-state index is -2.83. The monoisotopic (exact) mass is 262 g/mol. The van der Waals surface area contributed by atoms with Gasteiger partial charge in [0.15, 0.2) is 9.84 Å². The number of piperidine rings is 1. The van der Waals surface area contributed by atoms with Gasteiger partial charge in [-0.15, -0.1) is 0 Å². The van der Waals surface area contributed by atoms with Crippen molar-refractivity contribution in [2.75, 3.05) is 37.7 Å². The van der Waals surface area contributed by atoms with Crippen molar-refractivity contribution in [1.82, 2.24) is 10.2 Å². The molecule has 1 saturated heterocycles. The van der Waals surface area contributed by atoms with Crippen LogP contribution >= 0.6 is 0 Å². The quantitative estimate of drug-likeness (QED) is 0.740. The third-order valence-corrected chi connectivity index (χ3v) is 5.27. The maximum Gasteiger partial charge on any atom is 0.151 e. The zero-order valence-electron chi connectivity index (χ0n) is 11.1. The Balaban J connectivity index is 2.41. The highest BCUT2D eigenvalue weighted by Gasteiger charge is 2.21. The van der Waals surface area contributed by atoms with Gasteiger partial charge in [0, 0.05) is 18.3 Å². The Labute approximate surface area is 106 Å². The SMILES string of the molecule is CCCS(=O)(=O)CCN(CC)C1CCNCC1. The molecule has 0 aliphatic carbocycles. The van der Waals surface area contributed by atoms with Crippen molar-refractivity contribution >= 4 is 9.84 Å². The standard InChI is InChI=1S/C12H26N2O2S/c1-3-10-17(15,16)11-9-14(4-2)12-5-7-13-8-6-12/h12-13H,3-11H2,1-2H3. The van der Waals surface area contributed by atoms with Crippen LogP contribution in [-0.4, -0.2) is 57.0 Å². The van der Waals surface area contributed by atoms with Crippen LogP contribution in [0.1, 0.15) is 33.1 Å². The highest BCUT2D eigenvalue weighted by Crippen LogP contribution is 2.11. The van der Waals surface area contributed by atoms with Crippen LogP contribution in [0.25, 0.3) is 0 Å². The molecule has 1 aliphatic rings. The van der Waals surface area contributed by atoms with E-state index >= 15 is 0 Å². The highest BCUT2D eigenvalue weighted by molar-refractivity contribution is 7.91. The third kappa shape index (κ3) is 5.36. The molecule has 1 rings (SSSR count). The Morgan fingerprint density at radius 2 is 1.82 bits per heavy atom. The molecule has 1 N–H and O–H groups in total. The Morgan fingerprint density at radius 3 is 2.35 bits per heavy atom. The fraction of sp³-hybridized carbons (Fsp3) is 1.00. The number of sulfone groups is 1. The molecule has 1 heterocycles. The first-order valence-corrected chi connectivity index (χ1v) is 8.56. The summed E-state index contributed by atoms with van der Waals surface area (Å²) in [5.74, 6) is 0.648. The molecule has 0 bridgehead atoms. The van der Waals surface area contributed by atoms with E-state index in [1.54, 1.807) is 0 Å². The van der Waals surface area contributed by atoms with E-state index in [1.807, 2.05) is 6.92 Å². The van der Waals surface area contributed by atoms with Gasteiger partial charge in [0.1, 0.15) is 0 Å². The van der Waals surface area contributed by atoms with Crippen LogP contribution in [0.15, 0.2) is 0 Å². The molecular formula is C12H26N2O2S. The van der Waals surface area contributed by atoms with Gasteiger partial charge in [0.25, 0.3) is 0 Å². The Hall–Kier alpha value is -0.130. The highest BCUT2D eigenvalue weighted by atomic mass is 32.2. The van der Waals surface area contributed by atoms with Crippen molar-refractivity contribution in [1.29, 1.82) is 0 Å². The van der Waals surface area contributed by atoms with Crippen molar-refractivity contribution in [3.63, 3.8) is 0 Å². The van der Waals surface area contributed by atoms with E-state index < -0.39 is 9.84 Å². The molecular weight excluding hydrogens is 236 g/mol. The topological polar surface area (TPSA) is 49.4 Å². The van der Waals surface area contributed by atoms with Gasteiger partial charge in [-0.2, -0.15) is 0 Å². The van der Waals surface area contributed by atoms with E-state index in [2.05, 4.69) is 17.1 Å². The van der Waals surface area contributed by atoms with Crippen LogP contribution < -0.4 is 5.32 Å². The predicted octanol–water partition coefficient (Wildman–Crippen LogP) is 0.885. The fourth-order valence-corrected chi connectivity index (χ4v) is 3.78. The summed E-state index contributed by atoms with van der Waals surface area (Å²) in [6, 6.07) is 0.568. The molecule has 0 radical (unpaired) electrons. The summed E-state index contributed by atoms with van der Waals surface area (Å²) in [4.78, 5) is 2.33. The summed E-state index contributed by atoms with van der Waals surface area (Å²) in [6.07, 6.45) is 3.01. The summed E-state index contributed by atoms with van der Waals surface area (Å²) in [7, 11) is -2.83. The van der Waals surface area contributed by atoms with Gasteiger partial charge in [-0.25, -0.2) is 8.42 Å². The Morgan fingerprint density at radius 1 is 1.18 bits per heavy atom. The van der Waals surface area contributed by atoms with Gasteiger partial charge < -0.3 is 5.32 Å². The molecule has 5 heteroatoms. The lowest BCUT2D eigenvalue weighted by Gasteiger charge is -2.33. The maximum absolute atomic E-state index is 11.7. The smallest absolute Gasteiger partial charge is 0.151 e. The summed E-state index contributed by atoms with van der Waals surface area (Å²) in [5.41, 5.74) is 0. The summed E-state index contributed by atoms with van der Waals surface area (Å²) >= 11 is 0. The molecule has 1 aliphatic heterocycles. The molecule has 0 unspecified atom stereocenters. The first-order chi connectivity index (χ1) is 8.09. The average Bonchev–Trinajstić information content (AvgIpc) is 2.31. The normalized spacial score (nSPS) is 18.8. The van der Waals surface area contributed by atoms with Crippen molar-refractivity contribution < 1.29 is 8.42 Å². The molecule has 0 spiro atoms. The van der Waals surface area contributed by atoms with Crippen LogP contribution in [0.3, 0.4) is 0 Å². The van der Waals surface area contributed by atoms with Gasteiger partial charge in [-0.3, -0.25) is 4.90 Å².